The van der Waals surface area contributed by atoms with Gasteiger partial charge in [-0.3, -0.25) is 4.79 Å². The Hall–Kier alpha value is -2.90. The molecular formula is C20H23FN4O3. The first kappa shape index (κ1) is 18.5. The van der Waals surface area contributed by atoms with Gasteiger partial charge in [-0.05, 0) is 44.2 Å². The fourth-order valence-electron chi connectivity index (χ4n) is 3.95. The van der Waals surface area contributed by atoms with Gasteiger partial charge in [0.1, 0.15) is 11.5 Å². The Morgan fingerprint density at radius 1 is 1.21 bits per heavy atom. The van der Waals surface area contributed by atoms with Gasteiger partial charge in [0, 0.05) is 18.5 Å². The molecule has 0 atom stereocenters. The molecular weight excluding hydrogens is 363 g/mol. The van der Waals surface area contributed by atoms with E-state index in [4.69, 9.17) is 4.74 Å². The predicted octanol–water partition coefficient (Wildman–Crippen LogP) is 3.35. The summed E-state index contributed by atoms with van der Waals surface area (Å²) >= 11 is 0. The molecule has 1 aromatic carbocycles. The van der Waals surface area contributed by atoms with Gasteiger partial charge >= 0.3 is 6.09 Å². The molecule has 2 aromatic rings. The van der Waals surface area contributed by atoms with Crippen LogP contribution in [-0.2, 0) is 9.53 Å². The third-order valence-electron chi connectivity index (χ3n) is 5.46. The lowest BCUT2D eigenvalue weighted by atomic mass is 9.84. The summed E-state index contributed by atoms with van der Waals surface area (Å²) in [5.74, 6) is -0.542. The van der Waals surface area contributed by atoms with Crippen molar-refractivity contribution in [2.75, 3.05) is 18.5 Å². The Morgan fingerprint density at radius 2 is 2.00 bits per heavy atom. The fraction of sp³-hybridized carbons (Fsp3) is 0.450. The number of ether oxygens (including phenoxy) is 1. The van der Waals surface area contributed by atoms with Crippen LogP contribution in [0.1, 0.15) is 32.1 Å². The summed E-state index contributed by atoms with van der Waals surface area (Å²) in [6, 6.07) is 6.49. The SMILES string of the molecule is O=C(Nc1cnn(-c2ccccc2F)c1)C1CCC(N2CCCOC2=O)CC1. The van der Waals surface area contributed by atoms with Crippen molar-refractivity contribution in [3.63, 3.8) is 0 Å². The molecule has 8 heteroatoms. The van der Waals surface area contributed by atoms with Crippen LogP contribution in [0.4, 0.5) is 14.9 Å². The van der Waals surface area contributed by atoms with E-state index in [9.17, 15) is 14.0 Å². The van der Waals surface area contributed by atoms with Crippen molar-refractivity contribution < 1.29 is 18.7 Å². The molecule has 1 aliphatic carbocycles. The van der Waals surface area contributed by atoms with Crippen LogP contribution in [0.3, 0.4) is 0 Å². The average molecular weight is 386 g/mol. The second kappa shape index (κ2) is 8.00. The topological polar surface area (TPSA) is 76.5 Å². The lowest BCUT2D eigenvalue weighted by molar-refractivity contribution is -0.121. The minimum atomic E-state index is -0.377. The summed E-state index contributed by atoms with van der Waals surface area (Å²) in [7, 11) is 0. The molecule has 28 heavy (non-hydrogen) atoms. The van der Waals surface area contributed by atoms with Crippen molar-refractivity contribution in [3.8, 4) is 5.69 Å². The number of anilines is 1. The molecule has 0 bridgehead atoms. The van der Waals surface area contributed by atoms with Gasteiger partial charge in [-0.25, -0.2) is 13.9 Å². The second-order valence-electron chi connectivity index (χ2n) is 7.28. The van der Waals surface area contributed by atoms with E-state index in [0.717, 1.165) is 38.6 Å². The Labute approximate surface area is 162 Å². The minimum Gasteiger partial charge on any atom is -0.449 e. The van der Waals surface area contributed by atoms with Gasteiger partial charge < -0.3 is 15.0 Å². The first-order chi connectivity index (χ1) is 13.6. The van der Waals surface area contributed by atoms with Gasteiger partial charge in [-0.15, -0.1) is 0 Å². The smallest absolute Gasteiger partial charge is 0.410 e. The summed E-state index contributed by atoms with van der Waals surface area (Å²) < 4.78 is 20.4. The van der Waals surface area contributed by atoms with E-state index in [1.165, 1.54) is 16.9 Å². The van der Waals surface area contributed by atoms with Crippen LogP contribution in [-0.4, -0.2) is 45.9 Å². The zero-order valence-electron chi connectivity index (χ0n) is 15.5. The summed E-state index contributed by atoms with van der Waals surface area (Å²) in [5, 5.41) is 7.01. The third kappa shape index (κ3) is 3.85. The number of halogens is 1. The highest BCUT2D eigenvalue weighted by molar-refractivity contribution is 5.92. The number of aromatic nitrogens is 2. The van der Waals surface area contributed by atoms with Crippen LogP contribution in [0.25, 0.3) is 5.69 Å². The summed E-state index contributed by atoms with van der Waals surface area (Å²) in [6.45, 7) is 1.23. The number of hydrogen-bond acceptors (Lipinski definition) is 4. The highest BCUT2D eigenvalue weighted by Crippen LogP contribution is 2.30. The third-order valence-corrected chi connectivity index (χ3v) is 5.46. The molecule has 148 valence electrons. The van der Waals surface area contributed by atoms with Crippen LogP contribution in [0.5, 0.6) is 0 Å². The van der Waals surface area contributed by atoms with Crippen molar-refractivity contribution in [2.24, 2.45) is 5.92 Å². The normalized spacial score (nSPS) is 22.6. The van der Waals surface area contributed by atoms with Gasteiger partial charge in [-0.2, -0.15) is 5.10 Å². The number of carbonyl (C=O) groups is 2. The van der Waals surface area contributed by atoms with E-state index in [2.05, 4.69) is 10.4 Å². The van der Waals surface area contributed by atoms with Gasteiger partial charge in [-0.1, -0.05) is 12.1 Å². The monoisotopic (exact) mass is 386 g/mol. The van der Waals surface area contributed by atoms with Gasteiger partial charge in [0.25, 0.3) is 0 Å². The van der Waals surface area contributed by atoms with E-state index in [-0.39, 0.29) is 29.8 Å². The number of nitrogens with one attached hydrogen (secondary N) is 1. The number of para-hydroxylation sites is 1. The zero-order valence-corrected chi connectivity index (χ0v) is 15.5. The molecule has 1 N–H and O–H groups in total. The molecule has 2 fully saturated rings. The van der Waals surface area contributed by atoms with Gasteiger partial charge in [0.2, 0.25) is 5.91 Å². The lowest BCUT2D eigenvalue weighted by Crippen LogP contribution is -2.46. The van der Waals surface area contributed by atoms with Crippen molar-refractivity contribution in [1.29, 1.82) is 0 Å². The molecule has 2 amide bonds. The van der Waals surface area contributed by atoms with Crippen molar-refractivity contribution in [2.45, 2.75) is 38.1 Å². The molecule has 0 unspecified atom stereocenters. The lowest BCUT2D eigenvalue weighted by Gasteiger charge is -2.37. The number of amides is 2. The maximum Gasteiger partial charge on any atom is 0.410 e. The first-order valence-corrected chi connectivity index (χ1v) is 9.65. The second-order valence-corrected chi connectivity index (χ2v) is 7.28. The fourth-order valence-corrected chi connectivity index (χ4v) is 3.95. The Balaban J connectivity index is 1.33. The summed E-state index contributed by atoms with van der Waals surface area (Å²) in [5.41, 5.74) is 0.868. The number of nitrogens with zero attached hydrogens (tertiary/aromatic N) is 3. The van der Waals surface area contributed by atoms with Gasteiger partial charge in [0.05, 0.1) is 24.7 Å². The van der Waals surface area contributed by atoms with E-state index in [1.54, 1.807) is 29.3 Å². The maximum absolute atomic E-state index is 13.9. The van der Waals surface area contributed by atoms with Crippen LogP contribution >= 0.6 is 0 Å². The highest BCUT2D eigenvalue weighted by atomic mass is 19.1. The van der Waals surface area contributed by atoms with E-state index < -0.39 is 0 Å². The Kier molecular flexibility index (Phi) is 5.27. The van der Waals surface area contributed by atoms with E-state index in [1.807, 2.05) is 0 Å². The number of rotatable bonds is 4. The highest BCUT2D eigenvalue weighted by Gasteiger charge is 2.33. The average Bonchev–Trinajstić information content (AvgIpc) is 3.17. The minimum absolute atomic E-state index is 0.0623. The number of hydrogen-bond donors (Lipinski definition) is 1. The van der Waals surface area contributed by atoms with Gasteiger partial charge in [0.15, 0.2) is 0 Å². The molecule has 4 rings (SSSR count). The molecule has 1 aromatic heterocycles. The summed E-state index contributed by atoms with van der Waals surface area (Å²) in [4.78, 5) is 26.3. The molecule has 0 spiro atoms. The quantitative estimate of drug-likeness (QED) is 0.874. The number of benzene rings is 1. The Bertz CT molecular complexity index is 861. The van der Waals surface area contributed by atoms with Crippen molar-refractivity contribution >= 4 is 17.7 Å². The zero-order chi connectivity index (χ0) is 19.5. The molecule has 1 saturated carbocycles. The van der Waals surface area contributed by atoms with Crippen molar-refractivity contribution in [1.82, 2.24) is 14.7 Å². The maximum atomic E-state index is 13.9. The van der Waals surface area contributed by atoms with Crippen LogP contribution in [0.15, 0.2) is 36.7 Å². The molecule has 2 heterocycles. The van der Waals surface area contributed by atoms with Crippen LogP contribution < -0.4 is 5.32 Å². The standard InChI is InChI=1S/C20H23FN4O3/c21-17-4-1-2-5-18(17)25-13-15(12-22-25)23-19(26)14-6-8-16(9-7-14)24-10-3-11-28-20(24)27/h1-2,4-5,12-14,16H,3,6-11H2,(H,23,26). The molecule has 7 nitrogen and oxygen atoms in total. The molecule has 0 radical (unpaired) electrons. The molecule has 2 aliphatic rings. The summed E-state index contributed by atoms with van der Waals surface area (Å²) in [6.07, 6.45) is 6.77. The van der Waals surface area contributed by atoms with E-state index >= 15 is 0 Å². The largest absolute Gasteiger partial charge is 0.449 e. The van der Waals surface area contributed by atoms with Crippen LogP contribution in [0.2, 0.25) is 0 Å². The number of cyclic esters (lactones) is 1. The predicted molar refractivity (Wildman–Crippen MR) is 101 cm³/mol. The Morgan fingerprint density at radius 3 is 2.75 bits per heavy atom. The molecule has 1 saturated heterocycles. The number of carbonyl (C=O) groups excluding carboxylic acids is 2. The first-order valence-electron chi connectivity index (χ1n) is 9.65. The van der Waals surface area contributed by atoms with Crippen molar-refractivity contribution in [3.05, 3.63) is 42.5 Å². The van der Waals surface area contributed by atoms with Crippen LogP contribution in [0, 0.1) is 11.7 Å². The van der Waals surface area contributed by atoms with E-state index in [0.29, 0.717) is 18.0 Å². The molecule has 1 aliphatic heterocycles.